The van der Waals surface area contributed by atoms with Crippen molar-refractivity contribution < 1.29 is 4.74 Å². The molecule has 0 aliphatic rings. The summed E-state index contributed by atoms with van der Waals surface area (Å²) in [4.78, 5) is 13.4. The molecule has 0 saturated heterocycles. The Morgan fingerprint density at radius 1 is 1.19 bits per heavy atom. The molecule has 2 N–H and O–H groups in total. The molecule has 0 atom stereocenters. The lowest BCUT2D eigenvalue weighted by atomic mass is 9.93. The Hall–Kier alpha value is -2.78. The number of aliphatic imine (C=N–C) groups is 1. The number of amidine groups is 1. The highest BCUT2D eigenvalue weighted by molar-refractivity contribution is 7.77. The predicted molar refractivity (Wildman–Crippen MR) is 134 cm³/mol. The van der Waals surface area contributed by atoms with Gasteiger partial charge in [0.05, 0.1) is 24.5 Å². The van der Waals surface area contributed by atoms with Crippen LogP contribution in [-0.2, 0) is 31.0 Å². The van der Waals surface area contributed by atoms with Crippen LogP contribution in [0.1, 0.15) is 48.8 Å². The number of nitrogens with one attached hydrogen (secondary N) is 2. The van der Waals surface area contributed by atoms with Gasteiger partial charge in [-0.3, -0.25) is 15.8 Å². The highest BCUT2D eigenvalue weighted by atomic mass is 32.1. The number of benzene rings is 1. The molecule has 0 amide bonds. The summed E-state index contributed by atoms with van der Waals surface area (Å²) >= 11 is 4.80. The average Bonchev–Trinajstić information content (AvgIpc) is 3.13. The fourth-order valence-corrected chi connectivity index (χ4v) is 3.92. The van der Waals surface area contributed by atoms with E-state index < -0.39 is 0 Å². The van der Waals surface area contributed by atoms with Crippen LogP contribution in [0.4, 0.5) is 0 Å². The van der Waals surface area contributed by atoms with Gasteiger partial charge in [0.25, 0.3) is 0 Å². The van der Waals surface area contributed by atoms with Gasteiger partial charge in [-0.15, -0.1) is 16.3 Å². The molecule has 2 aromatic heterocycles. The molecule has 3 aromatic rings. The number of nitrogens with zero attached hydrogens (tertiary/aromatic N) is 4. The zero-order valence-electron chi connectivity index (χ0n) is 19.0. The lowest BCUT2D eigenvalue weighted by molar-refractivity contribution is 0.560. The maximum absolute atomic E-state index is 8.20. The molecule has 3 rings (SSSR count). The first-order valence-corrected chi connectivity index (χ1v) is 11.6. The SMILES string of the molecule is Cc1cc(OC([SH2+])=NC(=N)c2cnc(C(C)(C)C)cn2)c(C)cc1CCn1ccsc1=N. The van der Waals surface area contributed by atoms with Crippen LogP contribution in [0.3, 0.4) is 0 Å². The second-order valence-corrected chi connectivity index (χ2v) is 9.92. The summed E-state index contributed by atoms with van der Waals surface area (Å²) in [5.41, 5.74) is 4.41. The first-order valence-electron chi connectivity index (χ1n) is 10.2. The van der Waals surface area contributed by atoms with Crippen molar-refractivity contribution in [2.45, 2.75) is 53.0 Å². The van der Waals surface area contributed by atoms with Crippen LogP contribution in [-0.4, -0.2) is 25.6 Å². The number of aryl methyl sites for hydroxylation is 4. The summed E-state index contributed by atoms with van der Waals surface area (Å²) in [6.45, 7) is 11.0. The quantitative estimate of drug-likeness (QED) is 0.338. The molecule has 0 fully saturated rings. The van der Waals surface area contributed by atoms with Gasteiger partial charge in [-0.25, -0.2) is 4.98 Å². The molecule has 0 saturated carbocycles. The van der Waals surface area contributed by atoms with Crippen LogP contribution in [0.25, 0.3) is 0 Å². The molecule has 0 aliphatic carbocycles. The number of rotatable bonds is 5. The van der Waals surface area contributed by atoms with Gasteiger partial charge in [0.15, 0.2) is 10.6 Å². The van der Waals surface area contributed by atoms with E-state index in [1.54, 1.807) is 12.4 Å². The third-order valence-electron chi connectivity index (χ3n) is 5.02. The van der Waals surface area contributed by atoms with Crippen LogP contribution in [0, 0.1) is 24.7 Å². The molecule has 2 heterocycles. The second kappa shape index (κ2) is 9.79. The molecule has 0 unspecified atom stereocenters. The predicted octanol–water partition coefficient (Wildman–Crippen LogP) is 3.75. The average molecular weight is 470 g/mol. The van der Waals surface area contributed by atoms with E-state index in [1.807, 2.05) is 36.1 Å². The highest BCUT2D eigenvalue weighted by Gasteiger charge is 2.17. The molecule has 7 nitrogen and oxygen atoms in total. The summed E-state index contributed by atoms with van der Waals surface area (Å²) < 4.78 is 7.80. The number of thiazole rings is 1. The van der Waals surface area contributed by atoms with Crippen molar-refractivity contribution in [2.24, 2.45) is 4.99 Å². The van der Waals surface area contributed by atoms with Gasteiger partial charge in [-0.1, -0.05) is 26.8 Å². The third-order valence-corrected chi connectivity index (χ3v) is 5.95. The molecule has 0 aliphatic heterocycles. The van der Waals surface area contributed by atoms with Crippen molar-refractivity contribution in [3.05, 3.63) is 69.0 Å². The molecule has 0 radical (unpaired) electrons. The highest BCUT2D eigenvalue weighted by Crippen LogP contribution is 2.24. The van der Waals surface area contributed by atoms with E-state index in [-0.39, 0.29) is 16.5 Å². The van der Waals surface area contributed by atoms with Crippen LogP contribution in [0.5, 0.6) is 5.75 Å². The summed E-state index contributed by atoms with van der Waals surface area (Å²) in [6, 6.07) is 4.07. The number of aromatic nitrogens is 3. The standard InChI is InChI=1S/C23H28N6OS2/c1-14-11-18(15(2)10-16(14)6-7-29-8-9-32-21(29)25)30-22(31)28-20(24)17-12-27-19(13-26-17)23(3,4)5/h8-13,25H,6-7H2,1-5H3,(H2,24,28,31)/p+1. The summed E-state index contributed by atoms with van der Waals surface area (Å²) in [6.07, 6.45) is 6.01. The molecule has 0 bridgehead atoms. The van der Waals surface area contributed by atoms with Crippen LogP contribution >= 0.6 is 11.3 Å². The summed E-state index contributed by atoms with van der Waals surface area (Å²) in [5, 5.41) is 18.2. The first-order chi connectivity index (χ1) is 15.0. The maximum atomic E-state index is 8.20. The Morgan fingerprint density at radius 3 is 2.53 bits per heavy atom. The Kier molecular flexibility index (Phi) is 7.30. The van der Waals surface area contributed by atoms with Crippen LogP contribution in [0.2, 0.25) is 0 Å². The normalized spacial score (nSPS) is 12.1. The van der Waals surface area contributed by atoms with Gasteiger partial charge in [-0.05, 0) is 43.0 Å². The van der Waals surface area contributed by atoms with Crippen molar-refractivity contribution in [1.82, 2.24) is 14.5 Å². The van der Waals surface area contributed by atoms with E-state index in [2.05, 4.69) is 54.4 Å². The Morgan fingerprint density at radius 2 is 1.94 bits per heavy atom. The van der Waals surface area contributed by atoms with E-state index in [1.165, 1.54) is 16.9 Å². The topological polar surface area (TPSA) is 100 Å². The lowest BCUT2D eigenvalue weighted by Gasteiger charge is -2.16. The molecular weight excluding hydrogens is 440 g/mol. The van der Waals surface area contributed by atoms with E-state index in [0.717, 1.165) is 29.8 Å². The summed E-state index contributed by atoms with van der Waals surface area (Å²) in [7, 11) is 0. The smallest absolute Gasteiger partial charge is 0.402 e. The van der Waals surface area contributed by atoms with Crippen LogP contribution < -0.4 is 9.54 Å². The minimum absolute atomic E-state index is 0.0343. The fraction of sp³-hybridized carbons (Fsp3) is 0.348. The number of hydrogen-bond donors (Lipinski definition) is 2. The zero-order chi connectivity index (χ0) is 23.5. The van der Waals surface area contributed by atoms with Crippen molar-refractivity contribution >= 4 is 35.0 Å². The van der Waals surface area contributed by atoms with Gasteiger partial charge in [0, 0.05) is 29.7 Å². The van der Waals surface area contributed by atoms with Gasteiger partial charge in [0.1, 0.15) is 11.4 Å². The molecular formula is C23H29N6OS2+. The van der Waals surface area contributed by atoms with Crippen molar-refractivity contribution in [1.29, 1.82) is 10.8 Å². The molecule has 1 aromatic carbocycles. The van der Waals surface area contributed by atoms with Gasteiger partial charge < -0.3 is 9.30 Å². The minimum Gasteiger partial charge on any atom is -0.402 e. The molecule has 32 heavy (non-hydrogen) atoms. The van der Waals surface area contributed by atoms with Crippen molar-refractivity contribution in [3.8, 4) is 5.75 Å². The van der Waals surface area contributed by atoms with Crippen LogP contribution in [0.15, 0.2) is 41.1 Å². The van der Waals surface area contributed by atoms with Crippen molar-refractivity contribution in [2.75, 3.05) is 0 Å². The van der Waals surface area contributed by atoms with E-state index in [9.17, 15) is 0 Å². The minimum atomic E-state index is -0.103. The number of ether oxygens (including phenoxy) is 1. The lowest BCUT2D eigenvalue weighted by Crippen LogP contribution is -2.16. The first kappa shape index (κ1) is 23.9. The molecule has 0 spiro atoms. The van der Waals surface area contributed by atoms with E-state index in [0.29, 0.717) is 16.2 Å². The largest absolute Gasteiger partial charge is 0.414 e. The molecule has 168 valence electrons. The fourth-order valence-electron chi connectivity index (χ4n) is 3.07. The zero-order valence-corrected chi connectivity index (χ0v) is 20.8. The maximum Gasteiger partial charge on any atom is 0.414 e. The molecule has 9 heteroatoms. The van der Waals surface area contributed by atoms with Gasteiger partial charge >= 0.3 is 5.23 Å². The Bertz CT molecular complexity index is 1200. The summed E-state index contributed by atoms with van der Waals surface area (Å²) in [5.74, 6) is 0.638. The van der Waals surface area contributed by atoms with E-state index in [4.69, 9.17) is 15.6 Å². The second-order valence-electron chi connectivity index (χ2n) is 8.60. The number of hydrogen-bond acceptors (Lipinski definition) is 6. The third kappa shape index (κ3) is 5.92. The Labute approximate surface area is 197 Å². The van der Waals surface area contributed by atoms with Gasteiger partial charge in [-0.2, -0.15) is 0 Å². The Balaban J connectivity index is 1.69. The van der Waals surface area contributed by atoms with E-state index >= 15 is 0 Å². The monoisotopic (exact) mass is 469 g/mol. The van der Waals surface area contributed by atoms with Gasteiger partial charge in [0.2, 0.25) is 0 Å². The van der Waals surface area contributed by atoms with Crippen molar-refractivity contribution in [3.63, 3.8) is 0 Å².